The normalized spacial score (nSPS) is 22.3. The maximum atomic E-state index is 12.4. The fraction of sp³-hybridized carbons (Fsp3) is 0.882. The number of nitrogens with zero attached hydrogens (tertiary/aromatic N) is 1. The molecule has 2 unspecified atom stereocenters. The lowest BCUT2D eigenvalue weighted by molar-refractivity contribution is -0.132. The number of morpholine rings is 1. The van der Waals surface area contributed by atoms with Gasteiger partial charge in [0.2, 0.25) is 11.8 Å². The third-order valence-corrected chi connectivity index (χ3v) is 4.92. The van der Waals surface area contributed by atoms with Crippen LogP contribution in [0, 0.1) is 11.8 Å². The highest BCUT2D eigenvalue weighted by molar-refractivity contribution is 5.88. The average molecular weight is 325 g/mol. The first-order valence-electron chi connectivity index (χ1n) is 8.88. The van der Waals surface area contributed by atoms with Gasteiger partial charge in [-0.1, -0.05) is 20.3 Å². The third-order valence-electron chi connectivity index (χ3n) is 4.92. The van der Waals surface area contributed by atoms with Crippen molar-refractivity contribution in [3.8, 4) is 0 Å². The molecule has 0 bridgehead atoms. The molecule has 2 N–H and O–H groups in total. The van der Waals surface area contributed by atoms with E-state index in [9.17, 15) is 9.59 Å². The molecule has 23 heavy (non-hydrogen) atoms. The molecule has 0 aromatic heterocycles. The molecule has 2 aliphatic rings. The number of ether oxygens (including phenoxy) is 1. The number of carbonyl (C=O) groups excluding carboxylic acids is 2. The van der Waals surface area contributed by atoms with Gasteiger partial charge in [0.05, 0.1) is 13.2 Å². The quantitative estimate of drug-likeness (QED) is 0.725. The maximum absolute atomic E-state index is 12.4. The second-order valence-corrected chi connectivity index (χ2v) is 7.13. The Balaban J connectivity index is 1.79. The van der Waals surface area contributed by atoms with Gasteiger partial charge in [0, 0.05) is 31.6 Å². The van der Waals surface area contributed by atoms with Crippen molar-refractivity contribution in [3.63, 3.8) is 0 Å². The molecule has 2 amide bonds. The zero-order valence-electron chi connectivity index (χ0n) is 14.6. The molecular formula is C17H31N3O3. The second-order valence-electron chi connectivity index (χ2n) is 7.13. The Morgan fingerprint density at radius 2 is 1.78 bits per heavy atom. The third kappa shape index (κ3) is 5.46. The summed E-state index contributed by atoms with van der Waals surface area (Å²) in [5.74, 6) is 0.383. The summed E-state index contributed by atoms with van der Waals surface area (Å²) in [6, 6.07) is -0.391. The van der Waals surface area contributed by atoms with Gasteiger partial charge in [0.1, 0.15) is 6.04 Å². The summed E-state index contributed by atoms with van der Waals surface area (Å²) in [4.78, 5) is 26.7. The van der Waals surface area contributed by atoms with E-state index < -0.39 is 6.04 Å². The van der Waals surface area contributed by atoms with Crippen LogP contribution in [0.4, 0.5) is 0 Å². The standard InChI is InChI=1S/C17H31N3O3/c1-12(2)15(11-20-7-9-23-10-8-20)19-16(21)13(3)18-17(22)14-5-4-6-14/h12-15H,4-11H2,1-3H3,(H,18,22)(H,19,21). The summed E-state index contributed by atoms with van der Waals surface area (Å²) in [5.41, 5.74) is 0. The lowest BCUT2D eigenvalue weighted by atomic mass is 9.84. The van der Waals surface area contributed by atoms with Gasteiger partial charge in [0.25, 0.3) is 0 Å². The topological polar surface area (TPSA) is 70.7 Å². The molecule has 2 atom stereocenters. The SMILES string of the molecule is CC(NC(=O)C1CCC1)C(=O)NC(CN1CCOCC1)C(C)C. The monoisotopic (exact) mass is 325 g/mol. The van der Waals surface area contributed by atoms with Crippen LogP contribution in [0.1, 0.15) is 40.0 Å². The van der Waals surface area contributed by atoms with Crippen molar-refractivity contribution >= 4 is 11.8 Å². The zero-order chi connectivity index (χ0) is 16.8. The van der Waals surface area contributed by atoms with Gasteiger partial charge in [-0.2, -0.15) is 0 Å². The molecule has 1 saturated carbocycles. The minimum Gasteiger partial charge on any atom is -0.379 e. The van der Waals surface area contributed by atoms with E-state index in [4.69, 9.17) is 4.74 Å². The fourth-order valence-corrected chi connectivity index (χ4v) is 2.86. The molecule has 132 valence electrons. The Hall–Kier alpha value is -1.14. The first kappa shape index (κ1) is 18.2. The van der Waals surface area contributed by atoms with Crippen molar-refractivity contribution in [3.05, 3.63) is 0 Å². The van der Waals surface area contributed by atoms with Crippen LogP contribution in [0.2, 0.25) is 0 Å². The van der Waals surface area contributed by atoms with Crippen LogP contribution in [-0.4, -0.2) is 61.6 Å². The van der Waals surface area contributed by atoms with Crippen LogP contribution in [0.25, 0.3) is 0 Å². The minimum absolute atomic E-state index is 0.0215. The Kier molecular flexibility index (Phi) is 6.84. The summed E-state index contributed by atoms with van der Waals surface area (Å²) < 4.78 is 5.37. The van der Waals surface area contributed by atoms with E-state index in [-0.39, 0.29) is 23.8 Å². The van der Waals surface area contributed by atoms with E-state index in [1.165, 1.54) is 0 Å². The van der Waals surface area contributed by atoms with Gasteiger partial charge >= 0.3 is 0 Å². The number of amides is 2. The molecule has 1 aliphatic carbocycles. The molecule has 2 rings (SSSR count). The van der Waals surface area contributed by atoms with Crippen molar-refractivity contribution in [1.29, 1.82) is 0 Å². The predicted molar refractivity (Wildman–Crippen MR) is 89.0 cm³/mol. The highest BCUT2D eigenvalue weighted by Gasteiger charge is 2.29. The summed E-state index contributed by atoms with van der Waals surface area (Å²) in [7, 11) is 0. The van der Waals surface area contributed by atoms with Crippen molar-refractivity contribution < 1.29 is 14.3 Å². The molecule has 0 aromatic rings. The number of carbonyl (C=O) groups is 2. The number of rotatable bonds is 7. The van der Waals surface area contributed by atoms with Gasteiger partial charge < -0.3 is 15.4 Å². The molecule has 1 heterocycles. The highest BCUT2D eigenvalue weighted by Crippen LogP contribution is 2.26. The molecule has 0 aromatic carbocycles. The highest BCUT2D eigenvalue weighted by atomic mass is 16.5. The van der Waals surface area contributed by atoms with Crippen LogP contribution in [0.3, 0.4) is 0 Å². The predicted octanol–water partition coefficient (Wildman–Crippen LogP) is 0.764. The largest absolute Gasteiger partial charge is 0.379 e. The van der Waals surface area contributed by atoms with E-state index >= 15 is 0 Å². The summed E-state index contributed by atoms with van der Waals surface area (Å²) >= 11 is 0. The van der Waals surface area contributed by atoms with Gasteiger partial charge in [-0.05, 0) is 25.7 Å². The van der Waals surface area contributed by atoms with Crippen molar-refractivity contribution in [1.82, 2.24) is 15.5 Å². The number of nitrogens with one attached hydrogen (secondary N) is 2. The van der Waals surface area contributed by atoms with Crippen molar-refractivity contribution in [2.45, 2.75) is 52.1 Å². The summed E-state index contributed by atoms with van der Waals surface area (Å²) in [6.45, 7) is 10.2. The van der Waals surface area contributed by atoms with Crippen LogP contribution in [0.15, 0.2) is 0 Å². The first-order chi connectivity index (χ1) is 11.0. The molecule has 6 heteroatoms. The van der Waals surface area contributed by atoms with Gasteiger partial charge in [0.15, 0.2) is 0 Å². The minimum atomic E-state index is -0.478. The van der Waals surface area contributed by atoms with Gasteiger partial charge in [-0.3, -0.25) is 14.5 Å². The van der Waals surface area contributed by atoms with Crippen LogP contribution in [0.5, 0.6) is 0 Å². The van der Waals surface area contributed by atoms with Gasteiger partial charge in [-0.15, -0.1) is 0 Å². The maximum Gasteiger partial charge on any atom is 0.242 e. The summed E-state index contributed by atoms with van der Waals surface area (Å²) in [5, 5.41) is 5.95. The molecule has 2 fully saturated rings. The van der Waals surface area contributed by atoms with E-state index in [0.717, 1.165) is 52.1 Å². The fourth-order valence-electron chi connectivity index (χ4n) is 2.86. The van der Waals surface area contributed by atoms with E-state index in [0.29, 0.717) is 5.92 Å². The molecule has 0 spiro atoms. The second kappa shape index (κ2) is 8.64. The molecule has 0 radical (unpaired) electrons. The van der Waals surface area contributed by atoms with Crippen LogP contribution >= 0.6 is 0 Å². The zero-order valence-corrected chi connectivity index (χ0v) is 14.6. The first-order valence-corrected chi connectivity index (χ1v) is 8.88. The average Bonchev–Trinajstić information content (AvgIpc) is 2.45. The Morgan fingerprint density at radius 1 is 1.13 bits per heavy atom. The molecule has 6 nitrogen and oxygen atoms in total. The Labute approximate surface area is 139 Å². The molecule has 1 aliphatic heterocycles. The Bertz CT molecular complexity index is 404. The van der Waals surface area contributed by atoms with E-state index in [1.54, 1.807) is 6.92 Å². The number of hydrogen-bond acceptors (Lipinski definition) is 4. The number of hydrogen-bond donors (Lipinski definition) is 2. The lowest BCUT2D eigenvalue weighted by Gasteiger charge is -2.33. The molecule has 1 saturated heterocycles. The van der Waals surface area contributed by atoms with Crippen molar-refractivity contribution in [2.24, 2.45) is 11.8 Å². The van der Waals surface area contributed by atoms with Crippen molar-refractivity contribution in [2.75, 3.05) is 32.8 Å². The van der Waals surface area contributed by atoms with E-state index in [1.807, 2.05) is 0 Å². The van der Waals surface area contributed by atoms with Crippen LogP contribution in [-0.2, 0) is 14.3 Å². The molecular weight excluding hydrogens is 294 g/mol. The van der Waals surface area contributed by atoms with Gasteiger partial charge in [-0.25, -0.2) is 0 Å². The van der Waals surface area contributed by atoms with Crippen LogP contribution < -0.4 is 10.6 Å². The van der Waals surface area contributed by atoms with E-state index in [2.05, 4.69) is 29.4 Å². The smallest absolute Gasteiger partial charge is 0.242 e. The lowest BCUT2D eigenvalue weighted by Crippen LogP contribution is -2.54. The summed E-state index contributed by atoms with van der Waals surface area (Å²) in [6.07, 6.45) is 3.02. The Morgan fingerprint density at radius 3 is 2.30 bits per heavy atom.